The maximum Gasteiger partial charge on any atom is 0.243 e. The average molecular weight is 339 g/mol. The highest BCUT2D eigenvalue weighted by molar-refractivity contribution is 5.94. The van der Waals surface area contributed by atoms with E-state index >= 15 is 0 Å². The summed E-state index contributed by atoms with van der Waals surface area (Å²) in [7, 11) is 0. The Hall–Kier alpha value is -2.02. The number of hydrogen-bond acceptors (Lipinski definition) is 3. The van der Waals surface area contributed by atoms with Crippen LogP contribution < -0.4 is 10.6 Å². The lowest BCUT2D eigenvalue weighted by Crippen LogP contribution is -2.45. The first-order valence-electron chi connectivity index (χ1n) is 8.07. The Morgan fingerprint density at radius 3 is 2.42 bits per heavy atom. The lowest BCUT2D eigenvalue weighted by Gasteiger charge is -2.34. The van der Waals surface area contributed by atoms with Gasteiger partial charge in [0.15, 0.2) is 11.6 Å². The highest BCUT2D eigenvalue weighted by Crippen LogP contribution is 2.20. The molecule has 0 aliphatic carbocycles. The molecule has 0 bridgehead atoms. The summed E-state index contributed by atoms with van der Waals surface area (Å²) in [6, 6.07) is 3.09. The summed E-state index contributed by atoms with van der Waals surface area (Å²) < 4.78 is 25.9. The number of likely N-dealkylation sites (tertiary alicyclic amines) is 1. The summed E-state index contributed by atoms with van der Waals surface area (Å²) in [4.78, 5) is 25.8. The number of nitrogens with one attached hydrogen (secondary N) is 2. The van der Waals surface area contributed by atoms with E-state index in [0.29, 0.717) is 11.8 Å². The summed E-state index contributed by atoms with van der Waals surface area (Å²) >= 11 is 0. The van der Waals surface area contributed by atoms with Crippen LogP contribution in [0, 0.1) is 23.5 Å². The number of hydrogen-bond donors (Lipinski definition) is 2. The quantitative estimate of drug-likeness (QED) is 0.863. The number of nitrogens with zero attached hydrogens (tertiary/aromatic N) is 1. The van der Waals surface area contributed by atoms with Crippen LogP contribution in [0.4, 0.5) is 14.5 Å². The molecule has 5 nitrogen and oxygen atoms in total. The Morgan fingerprint density at radius 2 is 1.79 bits per heavy atom. The zero-order valence-corrected chi connectivity index (χ0v) is 13.9. The van der Waals surface area contributed by atoms with Crippen molar-refractivity contribution in [2.75, 3.05) is 31.5 Å². The van der Waals surface area contributed by atoms with Gasteiger partial charge in [-0.3, -0.25) is 14.5 Å². The topological polar surface area (TPSA) is 61.4 Å². The third-order valence-electron chi connectivity index (χ3n) is 3.96. The van der Waals surface area contributed by atoms with Gasteiger partial charge in [0.2, 0.25) is 11.8 Å². The van der Waals surface area contributed by atoms with Crippen molar-refractivity contribution >= 4 is 17.5 Å². The Kier molecular flexibility index (Phi) is 6.25. The minimum absolute atomic E-state index is 0.145. The van der Waals surface area contributed by atoms with E-state index in [0.717, 1.165) is 31.6 Å². The molecule has 1 aliphatic rings. The molecule has 132 valence electrons. The predicted octanol–water partition coefficient (Wildman–Crippen LogP) is 2.00. The van der Waals surface area contributed by atoms with Crippen LogP contribution in [-0.2, 0) is 9.59 Å². The maximum absolute atomic E-state index is 13.1. The van der Waals surface area contributed by atoms with Gasteiger partial charge < -0.3 is 10.6 Å². The molecule has 7 heteroatoms. The van der Waals surface area contributed by atoms with Crippen molar-refractivity contribution in [3.63, 3.8) is 0 Å². The molecule has 0 unspecified atom stereocenters. The van der Waals surface area contributed by atoms with Crippen molar-refractivity contribution in [1.82, 2.24) is 10.2 Å². The van der Waals surface area contributed by atoms with Gasteiger partial charge in [0.1, 0.15) is 0 Å². The fourth-order valence-electron chi connectivity index (χ4n) is 3.14. The van der Waals surface area contributed by atoms with Crippen LogP contribution in [0.15, 0.2) is 18.2 Å². The largest absolute Gasteiger partial charge is 0.346 e. The van der Waals surface area contributed by atoms with E-state index in [1.807, 2.05) is 0 Å². The van der Waals surface area contributed by atoms with Crippen LogP contribution in [0.25, 0.3) is 0 Å². The van der Waals surface area contributed by atoms with Gasteiger partial charge in [-0.15, -0.1) is 0 Å². The van der Waals surface area contributed by atoms with E-state index in [9.17, 15) is 18.4 Å². The molecule has 1 aromatic rings. The monoisotopic (exact) mass is 339 g/mol. The molecule has 0 radical (unpaired) electrons. The van der Waals surface area contributed by atoms with Crippen LogP contribution in [0.5, 0.6) is 0 Å². The lowest BCUT2D eigenvalue weighted by atomic mass is 9.92. The molecule has 24 heavy (non-hydrogen) atoms. The van der Waals surface area contributed by atoms with Gasteiger partial charge in [-0.25, -0.2) is 8.78 Å². The van der Waals surface area contributed by atoms with E-state index in [1.165, 1.54) is 6.07 Å². The number of amides is 2. The number of benzene rings is 1. The number of carbonyl (C=O) groups excluding carboxylic acids is 2. The standard InChI is InChI=1S/C17H23F2N3O2/c1-11-5-12(2)9-22(8-11)10-17(24)20-7-16(23)21-13-3-4-14(18)15(19)6-13/h3-4,6,11-12H,5,7-10H2,1-2H3,(H,20,24)(H,21,23)/t11-,12-/m1/s1. The Labute approximate surface area is 140 Å². The summed E-state index contributed by atoms with van der Waals surface area (Å²) in [5.74, 6) is -1.63. The molecular formula is C17H23F2N3O2. The van der Waals surface area contributed by atoms with Gasteiger partial charge >= 0.3 is 0 Å². The molecular weight excluding hydrogens is 316 g/mol. The van der Waals surface area contributed by atoms with Crippen molar-refractivity contribution in [3.8, 4) is 0 Å². The number of piperidine rings is 1. The third-order valence-corrected chi connectivity index (χ3v) is 3.96. The number of halogens is 2. The van der Waals surface area contributed by atoms with Gasteiger partial charge in [-0.2, -0.15) is 0 Å². The molecule has 1 aromatic carbocycles. The fraction of sp³-hybridized carbons (Fsp3) is 0.529. The van der Waals surface area contributed by atoms with Crippen LogP contribution in [0.2, 0.25) is 0 Å². The van der Waals surface area contributed by atoms with Crippen molar-refractivity contribution in [1.29, 1.82) is 0 Å². The van der Waals surface area contributed by atoms with Gasteiger partial charge in [0, 0.05) is 24.8 Å². The Bertz CT molecular complexity index is 599. The molecule has 0 spiro atoms. The lowest BCUT2D eigenvalue weighted by molar-refractivity contribution is -0.125. The first-order chi connectivity index (χ1) is 11.3. The van der Waals surface area contributed by atoms with Gasteiger partial charge in [-0.05, 0) is 30.4 Å². The molecule has 2 N–H and O–H groups in total. The summed E-state index contributed by atoms with van der Waals surface area (Å²) in [5.41, 5.74) is 0.145. The van der Waals surface area contributed by atoms with Crippen LogP contribution in [-0.4, -0.2) is 42.9 Å². The predicted molar refractivity (Wildman–Crippen MR) is 87.4 cm³/mol. The van der Waals surface area contributed by atoms with Crippen LogP contribution >= 0.6 is 0 Å². The Morgan fingerprint density at radius 1 is 1.12 bits per heavy atom. The van der Waals surface area contributed by atoms with E-state index in [1.54, 1.807) is 0 Å². The number of anilines is 1. The van der Waals surface area contributed by atoms with Crippen molar-refractivity contribution in [3.05, 3.63) is 29.8 Å². The van der Waals surface area contributed by atoms with Crippen molar-refractivity contribution < 1.29 is 18.4 Å². The minimum Gasteiger partial charge on any atom is -0.346 e. The maximum atomic E-state index is 13.1. The molecule has 1 aliphatic heterocycles. The average Bonchev–Trinajstić information content (AvgIpc) is 2.48. The highest BCUT2D eigenvalue weighted by atomic mass is 19.2. The van der Waals surface area contributed by atoms with Crippen molar-refractivity contribution in [2.45, 2.75) is 20.3 Å². The molecule has 1 heterocycles. The second-order valence-electron chi connectivity index (χ2n) is 6.59. The molecule has 2 amide bonds. The molecule has 1 fully saturated rings. The summed E-state index contributed by atoms with van der Waals surface area (Å²) in [6.45, 7) is 6.12. The molecule has 0 saturated carbocycles. The van der Waals surface area contributed by atoms with E-state index in [-0.39, 0.29) is 24.7 Å². The summed E-state index contributed by atoms with van der Waals surface area (Å²) in [5, 5.41) is 4.95. The first-order valence-corrected chi connectivity index (χ1v) is 8.07. The smallest absolute Gasteiger partial charge is 0.243 e. The molecule has 2 atom stereocenters. The molecule has 0 aromatic heterocycles. The second-order valence-corrected chi connectivity index (χ2v) is 6.59. The number of carbonyl (C=O) groups is 2. The minimum atomic E-state index is -1.04. The van der Waals surface area contributed by atoms with E-state index in [2.05, 4.69) is 29.4 Å². The number of rotatable bonds is 5. The summed E-state index contributed by atoms with van der Waals surface area (Å²) in [6.07, 6.45) is 1.16. The van der Waals surface area contributed by atoms with E-state index < -0.39 is 17.5 Å². The Balaban J connectivity index is 1.74. The van der Waals surface area contributed by atoms with Gasteiger partial charge in [0.05, 0.1) is 13.1 Å². The van der Waals surface area contributed by atoms with Crippen LogP contribution in [0.1, 0.15) is 20.3 Å². The van der Waals surface area contributed by atoms with Gasteiger partial charge in [0.25, 0.3) is 0 Å². The highest BCUT2D eigenvalue weighted by Gasteiger charge is 2.23. The molecule has 1 saturated heterocycles. The SMILES string of the molecule is C[C@@H]1C[C@@H](C)CN(CC(=O)NCC(=O)Nc2ccc(F)c(F)c2)C1. The zero-order valence-electron chi connectivity index (χ0n) is 13.9. The first kappa shape index (κ1) is 18.3. The fourth-order valence-corrected chi connectivity index (χ4v) is 3.14. The normalized spacial score (nSPS) is 21.3. The van der Waals surface area contributed by atoms with Crippen molar-refractivity contribution in [2.24, 2.45) is 11.8 Å². The molecule has 2 rings (SSSR count). The zero-order chi connectivity index (χ0) is 17.7. The van der Waals surface area contributed by atoms with Gasteiger partial charge in [-0.1, -0.05) is 13.8 Å². The van der Waals surface area contributed by atoms with E-state index in [4.69, 9.17) is 0 Å². The van der Waals surface area contributed by atoms with Crippen LogP contribution in [0.3, 0.4) is 0 Å². The third kappa shape index (κ3) is 5.56. The second kappa shape index (κ2) is 8.19.